The maximum Gasteiger partial charge on any atom is 0.255 e. The minimum Gasteiger partial charge on any atom is -0.379 e. The van der Waals surface area contributed by atoms with E-state index in [1.54, 1.807) is 37.3 Å². The predicted molar refractivity (Wildman–Crippen MR) is 127 cm³/mol. The number of carbonyl (C=O) groups is 1. The molecule has 1 fully saturated rings. The van der Waals surface area contributed by atoms with Crippen molar-refractivity contribution in [3.05, 3.63) is 83.9 Å². The molecule has 0 saturated carbocycles. The van der Waals surface area contributed by atoms with Gasteiger partial charge in [0.15, 0.2) is 0 Å². The van der Waals surface area contributed by atoms with Crippen molar-refractivity contribution in [3.63, 3.8) is 0 Å². The van der Waals surface area contributed by atoms with Crippen molar-refractivity contribution >= 4 is 31.5 Å². The van der Waals surface area contributed by atoms with E-state index in [1.807, 2.05) is 0 Å². The molecular formula is C24H24N2O6S2. The fourth-order valence-corrected chi connectivity index (χ4v) is 6.54. The first kappa shape index (κ1) is 24.1. The Kier molecular flexibility index (Phi) is 6.85. The van der Waals surface area contributed by atoms with Crippen LogP contribution in [0, 0.1) is 6.92 Å². The van der Waals surface area contributed by atoms with E-state index in [4.69, 9.17) is 4.74 Å². The standard InChI is InChI=1S/C24H24N2O6S2/c1-18-7-8-19(17-23(18)34(30,31)26-13-15-32-16-14-26)24(27)25-20-9-11-22(12-10-20)33(28,29)21-5-3-2-4-6-21/h2-12,17H,13-16H2,1H3,(H,25,27). The Bertz CT molecular complexity index is 1400. The van der Waals surface area contributed by atoms with Gasteiger partial charge in [0.25, 0.3) is 5.91 Å². The number of sulfone groups is 1. The van der Waals surface area contributed by atoms with Crippen molar-refractivity contribution in [1.82, 2.24) is 4.31 Å². The molecule has 1 amide bonds. The smallest absolute Gasteiger partial charge is 0.255 e. The number of amides is 1. The van der Waals surface area contributed by atoms with Crippen molar-refractivity contribution in [3.8, 4) is 0 Å². The predicted octanol–water partition coefficient (Wildman–Crippen LogP) is 3.10. The fraction of sp³-hybridized carbons (Fsp3) is 0.208. The van der Waals surface area contributed by atoms with E-state index in [0.717, 1.165) is 0 Å². The first-order valence-electron chi connectivity index (χ1n) is 10.6. The van der Waals surface area contributed by atoms with Crippen LogP contribution in [-0.4, -0.2) is 53.4 Å². The summed E-state index contributed by atoms with van der Waals surface area (Å²) < 4.78 is 58.2. The highest BCUT2D eigenvalue weighted by molar-refractivity contribution is 7.91. The van der Waals surface area contributed by atoms with Crippen molar-refractivity contribution in [2.75, 3.05) is 31.6 Å². The Morgan fingerprint density at radius 3 is 2.12 bits per heavy atom. The fourth-order valence-electron chi connectivity index (χ4n) is 3.60. The first-order valence-corrected chi connectivity index (χ1v) is 13.5. The van der Waals surface area contributed by atoms with E-state index < -0.39 is 25.8 Å². The van der Waals surface area contributed by atoms with Crippen LogP contribution >= 0.6 is 0 Å². The van der Waals surface area contributed by atoms with E-state index in [0.29, 0.717) is 24.5 Å². The number of hydrogen-bond donors (Lipinski definition) is 1. The highest BCUT2D eigenvalue weighted by atomic mass is 32.2. The van der Waals surface area contributed by atoms with Crippen LogP contribution in [0.15, 0.2) is 87.5 Å². The zero-order valence-electron chi connectivity index (χ0n) is 18.5. The van der Waals surface area contributed by atoms with E-state index in [9.17, 15) is 21.6 Å². The Balaban J connectivity index is 1.54. The van der Waals surface area contributed by atoms with E-state index in [1.165, 1.54) is 46.8 Å². The molecule has 1 aliphatic rings. The Morgan fingerprint density at radius 2 is 1.47 bits per heavy atom. The summed E-state index contributed by atoms with van der Waals surface area (Å²) in [5, 5.41) is 2.69. The van der Waals surface area contributed by atoms with Crippen LogP contribution in [-0.2, 0) is 24.6 Å². The largest absolute Gasteiger partial charge is 0.379 e. The zero-order valence-corrected chi connectivity index (χ0v) is 20.1. The third-order valence-corrected chi connectivity index (χ3v) is 9.34. The third kappa shape index (κ3) is 4.90. The maximum atomic E-state index is 13.1. The second kappa shape index (κ2) is 9.67. The summed E-state index contributed by atoms with van der Waals surface area (Å²) in [4.78, 5) is 13.2. The molecule has 1 N–H and O–H groups in total. The van der Waals surface area contributed by atoms with E-state index >= 15 is 0 Å². The Labute approximate surface area is 199 Å². The van der Waals surface area contributed by atoms with Gasteiger partial charge in [-0.05, 0) is 61.0 Å². The molecule has 34 heavy (non-hydrogen) atoms. The molecule has 178 valence electrons. The average Bonchev–Trinajstić information content (AvgIpc) is 2.85. The highest BCUT2D eigenvalue weighted by Crippen LogP contribution is 2.24. The summed E-state index contributed by atoms with van der Waals surface area (Å²) in [5.74, 6) is -0.503. The molecule has 3 aromatic carbocycles. The number of aryl methyl sites for hydroxylation is 1. The normalized spacial score (nSPS) is 15.1. The van der Waals surface area contributed by atoms with Gasteiger partial charge in [-0.2, -0.15) is 4.31 Å². The second-order valence-corrected chi connectivity index (χ2v) is 11.6. The van der Waals surface area contributed by atoms with Crippen LogP contribution < -0.4 is 5.32 Å². The molecule has 0 unspecified atom stereocenters. The lowest BCUT2D eigenvalue weighted by molar-refractivity contribution is 0.0730. The number of nitrogens with zero attached hydrogens (tertiary/aromatic N) is 1. The summed E-state index contributed by atoms with van der Waals surface area (Å²) in [7, 11) is -7.43. The van der Waals surface area contributed by atoms with Gasteiger partial charge in [0.1, 0.15) is 0 Å². The molecule has 3 aromatic rings. The minimum absolute atomic E-state index is 0.0753. The first-order chi connectivity index (χ1) is 16.2. The number of hydrogen-bond acceptors (Lipinski definition) is 6. The molecule has 1 aliphatic heterocycles. The highest BCUT2D eigenvalue weighted by Gasteiger charge is 2.28. The lowest BCUT2D eigenvalue weighted by atomic mass is 10.1. The van der Waals surface area contributed by atoms with Crippen LogP contribution in [0.3, 0.4) is 0 Å². The molecule has 1 heterocycles. The van der Waals surface area contributed by atoms with E-state index in [2.05, 4.69) is 5.32 Å². The number of morpholine rings is 1. The van der Waals surface area contributed by atoms with Crippen molar-refractivity contribution in [2.45, 2.75) is 21.6 Å². The van der Waals surface area contributed by atoms with Gasteiger partial charge in [-0.3, -0.25) is 4.79 Å². The van der Waals surface area contributed by atoms with Crippen molar-refractivity contribution in [2.24, 2.45) is 0 Å². The van der Waals surface area contributed by atoms with Crippen LogP contribution in [0.1, 0.15) is 15.9 Å². The average molecular weight is 501 g/mol. The maximum absolute atomic E-state index is 13.1. The molecule has 8 nitrogen and oxygen atoms in total. The summed E-state index contributed by atoms with van der Waals surface area (Å²) in [6, 6.07) is 18.4. The number of anilines is 1. The van der Waals surface area contributed by atoms with Crippen LogP contribution in [0.2, 0.25) is 0 Å². The minimum atomic E-state index is -3.76. The number of nitrogens with one attached hydrogen (secondary N) is 1. The van der Waals surface area contributed by atoms with E-state index in [-0.39, 0.29) is 33.3 Å². The molecule has 0 aliphatic carbocycles. The molecular weight excluding hydrogens is 476 g/mol. The summed E-state index contributed by atoms with van der Waals surface area (Å²) in [5.41, 5.74) is 1.10. The van der Waals surface area contributed by atoms with Gasteiger partial charge in [-0.25, -0.2) is 16.8 Å². The molecule has 0 atom stereocenters. The number of rotatable bonds is 6. The third-order valence-electron chi connectivity index (χ3n) is 5.51. The molecule has 0 spiro atoms. The second-order valence-electron chi connectivity index (χ2n) is 7.79. The van der Waals surface area contributed by atoms with Crippen LogP contribution in [0.5, 0.6) is 0 Å². The number of sulfonamides is 1. The lowest BCUT2D eigenvalue weighted by Crippen LogP contribution is -2.40. The van der Waals surface area contributed by atoms with Gasteiger partial charge in [-0.1, -0.05) is 24.3 Å². The Hall–Kier alpha value is -3.05. The van der Waals surface area contributed by atoms with Gasteiger partial charge in [0.05, 0.1) is 27.9 Å². The van der Waals surface area contributed by atoms with Gasteiger partial charge in [-0.15, -0.1) is 0 Å². The summed E-state index contributed by atoms with van der Waals surface area (Å²) in [6.45, 7) is 2.86. The molecule has 1 saturated heterocycles. The molecule has 10 heteroatoms. The molecule has 0 radical (unpaired) electrons. The van der Waals surface area contributed by atoms with Gasteiger partial charge in [0, 0.05) is 24.3 Å². The number of benzene rings is 3. The van der Waals surface area contributed by atoms with Gasteiger partial charge in [0.2, 0.25) is 19.9 Å². The molecule has 0 aromatic heterocycles. The zero-order chi connectivity index (χ0) is 24.3. The molecule has 4 rings (SSSR count). The van der Waals surface area contributed by atoms with Gasteiger partial charge < -0.3 is 10.1 Å². The lowest BCUT2D eigenvalue weighted by Gasteiger charge is -2.26. The quantitative estimate of drug-likeness (QED) is 0.557. The monoisotopic (exact) mass is 500 g/mol. The SMILES string of the molecule is Cc1ccc(C(=O)Nc2ccc(S(=O)(=O)c3ccccc3)cc2)cc1S(=O)(=O)N1CCOCC1. The summed E-state index contributed by atoms with van der Waals surface area (Å²) >= 11 is 0. The topological polar surface area (TPSA) is 110 Å². The number of carbonyl (C=O) groups excluding carboxylic acids is 1. The van der Waals surface area contributed by atoms with Crippen molar-refractivity contribution in [1.29, 1.82) is 0 Å². The van der Waals surface area contributed by atoms with Crippen LogP contribution in [0.4, 0.5) is 5.69 Å². The van der Waals surface area contributed by atoms with Crippen molar-refractivity contribution < 1.29 is 26.4 Å². The number of ether oxygens (including phenoxy) is 1. The summed E-state index contributed by atoms with van der Waals surface area (Å²) in [6.07, 6.45) is 0. The molecule has 0 bridgehead atoms. The Morgan fingerprint density at radius 1 is 0.853 bits per heavy atom. The van der Waals surface area contributed by atoms with Crippen LogP contribution in [0.25, 0.3) is 0 Å². The van der Waals surface area contributed by atoms with Gasteiger partial charge >= 0.3 is 0 Å².